The predicted octanol–water partition coefficient (Wildman–Crippen LogP) is 7.83. The molecule has 0 bridgehead atoms. The largest absolute Gasteiger partial charge is 0.388 e. The van der Waals surface area contributed by atoms with Gasteiger partial charge in [0, 0.05) is 47.3 Å². The normalized spacial score (nSPS) is 12.4. The van der Waals surface area contributed by atoms with Gasteiger partial charge in [-0.2, -0.15) is 0 Å². The van der Waals surface area contributed by atoms with Crippen molar-refractivity contribution in [2.45, 2.75) is 26.2 Å². The maximum absolute atomic E-state index is 16.6. The highest BCUT2D eigenvalue weighted by Gasteiger charge is 2.31. The first-order valence-corrected chi connectivity index (χ1v) is 12.3. The van der Waals surface area contributed by atoms with Crippen LogP contribution >= 0.6 is 0 Å². The number of rotatable bonds is 10. The molecule has 0 saturated heterocycles. The zero-order valence-corrected chi connectivity index (χ0v) is 21.3. The molecular formula is C32H31F3N2. The van der Waals surface area contributed by atoms with Crippen LogP contribution < -0.4 is 10.6 Å². The van der Waals surface area contributed by atoms with Gasteiger partial charge in [-0.3, -0.25) is 4.39 Å². The average Bonchev–Trinajstić information content (AvgIpc) is 3.28. The van der Waals surface area contributed by atoms with Gasteiger partial charge in [0.15, 0.2) is 0 Å². The van der Waals surface area contributed by atoms with E-state index in [0.717, 1.165) is 34.4 Å². The van der Waals surface area contributed by atoms with Gasteiger partial charge in [0.1, 0.15) is 11.6 Å². The number of likely N-dealkylation sites (N-methyl/N-ethyl adjacent to an activating group) is 1. The molecule has 0 radical (unpaired) electrons. The fraction of sp³-hybridized carbons (Fsp3) is 0.188. The molecule has 0 amide bonds. The summed E-state index contributed by atoms with van der Waals surface area (Å²) in [6.07, 6.45) is 1.27. The van der Waals surface area contributed by atoms with E-state index in [1.165, 1.54) is 12.1 Å². The SMILES string of the molecule is C=C(CC)NC(=C)c1cccc(-c2c(CCF)cc3c(c2F)C(C(=C)NC)=C(c2ccc(F)cc2)C3)c1. The molecular weight excluding hydrogens is 469 g/mol. The van der Waals surface area contributed by atoms with Crippen molar-refractivity contribution in [3.63, 3.8) is 0 Å². The maximum Gasteiger partial charge on any atom is 0.139 e. The number of fused-ring (bicyclic) bond motifs is 1. The van der Waals surface area contributed by atoms with Gasteiger partial charge in [0.2, 0.25) is 0 Å². The minimum Gasteiger partial charge on any atom is -0.388 e. The van der Waals surface area contributed by atoms with E-state index in [1.54, 1.807) is 19.2 Å². The van der Waals surface area contributed by atoms with Gasteiger partial charge in [-0.1, -0.05) is 63.1 Å². The summed E-state index contributed by atoms with van der Waals surface area (Å²) < 4.78 is 43.9. The van der Waals surface area contributed by atoms with Crippen molar-refractivity contribution in [2.24, 2.45) is 0 Å². The molecule has 0 aliphatic heterocycles. The van der Waals surface area contributed by atoms with Crippen molar-refractivity contribution in [1.82, 2.24) is 10.6 Å². The first kappa shape index (κ1) is 26.1. The van der Waals surface area contributed by atoms with Crippen molar-refractivity contribution in [3.05, 3.63) is 125 Å². The molecule has 3 aromatic rings. The van der Waals surface area contributed by atoms with Gasteiger partial charge in [-0.15, -0.1) is 0 Å². The molecule has 0 aromatic heterocycles. The van der Waals surface area contributed by atoms with E-state index in [4.69, 9.17) is 0 Å². The van der Waals surface area contributed by atoms with Crippen LogP contribution in [0.25, 0.3) is 28.0 Å². The lowest BCUT2D eigenvalue weighted by Gasteiger charge is -2.18. The summed E-state index contributed by atoms with van der Waals surface area (Å²) in [5.41, 5.74) is 7.92. The Morgan fingerprint density at radius 3 is 2.30 bits per heavy atom. The zero-order chi connectivity index (χ0) is 26.7. The monoisotopic (exact) mass is 500 g/mol. The molecule has 0 saturated carbocycles. The highest BCUT2D eigenvalue weighted by Crippen LogP contribution is 2.46. The third-order valence-corrected chi connectivity index (χ3v) is 6.76. The number of nitrogens with one attached hydrogen (secondary N) is 2. The molecule has 1 aliphatic rings. The van der Waals surface area contributed by atoms with Crippen LogP contribution in [0.4, 0.5) is 13.2 Å². The number of allylic oxidation sites excluding steroid dienone is 3. The zero-order valence-electron chi connectivity index (χ0n) is 21.3. The Morgan fingerprint density at radius 2 is 1.65 bits per heavy atom. The van der Waals surface area contributed by atoms with Crippen LogP contribution in [0.3, 0.4) is 0 Å². The lowest BCUT2D eigenvalue weighted by molar-refractivity contribution is 0.494. The van der Waals surface area contributed by atoms with Gasteiger partial charge in [-0.25, -0.2) is 8.78 Å². The van der Waals surface area contributed by atoms with Gasteiger partial charge >= 0.3 is 0 Å². The van der Waals surface area contributed by atoms with E-state index in [0.29, 0.717) is 45.6 Å². The van der Waals surface area contributed by atoms with Crippen LogP contribution in [-0.4, -0.2) is 13.7 Å². The highest BCUT2D eigenvalue weighted by atomic mass is 19.1. The Bertz CT molecular complexity index is 1410. The Labute approximate surface area is 216 Å². The molecule has 0 fully saturated rings. The summed E-state index contributed by atoms with van der Waals surface area (Å²) in [5.74, 6) is -0.760. The van der Waals surface area contributed by atoms with Crippen molar-refractivity contribution >= 4 is 16.8 Å². The number of hydrogen-bond acceptors (Lipinski definition) is 2. The Hall–Kier alpha value is -3.99. The molecule has 0 heterocycles. The van der Waals surface area contributed by atoms with Gasteiger partial charge in [0.25, 0.3) is 0 Å². The van der Waals surface area contributed by atoms with E-state index < -0.39 is 12.5 Å². The molecule has 37 heavy (non-hydrogen) atoms. The van der Waals surface area contributed by atoms with E-state index in [1.807, 2.05) is 37.3 Å². The van der Waals surface area contributed by atoms with Crippen LogP contribution in [0.5, 0.6) is 0 Å². The number of benzene rings is 3. The van der Waals surface area contributed by atoms with Crippen LogP contribution in [0, 0.1) is 11.6 Å². The lowest BCUT2D eigenvalue weighted by Crippen LogP contribution is -2.10. The van der Waals surface area contributed by atoms with Gasteiger partial charge < -0.3 is 10.6 Å². The van der Waals surface area contributed by atoms with Crippen molar-refractivity contribution in [1.29, 1.82) is 0 Å². The second-order valence-corrected chi connectivity index (χ2v) is 9.11. The average molecular weight is 501 g/mol. The third-order valence-electron chi connectivity index (χ3n) is 6.76. The summed E-state index contributed by atoms with van der Waals surface area (Å²) in [6.45, 7) is 13.6. The first-order valence-electron chi connectivity index (χ1n) is 12.3. The molecule has 2 N–H and O–H groups in total. The molecule has 3 aromatic carbocycles. The summed E-state index contributed by atoms with van der Waals surface area (Å²) >= 11 is 0. The fourth-order valence-electron chi connectivity index (χ4n) is 4.80. The number of alkyl halides is 1. The second-order valence-electron chi connectivity index (χ2n) is 9.11. The predicted molar refractivity (Wildman–Crippen MR) is 148 cm³/mol. The molecule has 1 aliphatic carbocycles. The molecule has 0 spiro atoms. The fourth-order valence-corrected chi connectivity index (χ4v) is 4.80. The van der Waals surface area contributed by atoms with E-state index in [-0.39, 0.29) is 12.2 Å². The molecule has 0 atom stereocenters. The molecule has 190 valence electrons. The summed E-state index contributed by atoms with van der Waals surface area (Å²) in [4.78, 5) is 0. The van der Waals surface area contributed by atoms with Crippen LogP contribution in [0.15, 0.2) is 85.7 Å². The summed E-state index contributed by atoms with van der Waals surface area (Å²) in [6, 6.07) is 15.5. The molecule has 5 heteroatoms. The topological polar surface area (TPSA) is 24.1 Å². The van der Waals surface area contributed by atoms with Crippen molar-refractivity contribution in [2.75, 3.05) is 13.7 Å². The smallest absolute Gasteiger partial charge is 0.139 e. The quantitative estimate of drug-likeness (QED) is 0.296. The summed E-state index contributed by atoms with van der Waals surface area (Å²) in [5, 5.41) is 6.23. The number of halogens is 3. The number of aryl methyl sites for hydroxylation is 1. The molecule has 4 rings (SSSR count). The van der Waals surface area contributed by atoms with Crippen LogP contribution in [0.2, 0.25) is 0 Å². The Kier molecular flexibility index (Phi) is 7.72. The van der Waals surface area contributed by atoms with Gasteiger partial charge in [-0.05, 0) is 64.4 Å². The second kappa shape index (κ2) is 11.0. The Morgan fingerprint density at radius 1 is 0.919 bits per heavy atom. The minimum atomic E-state index is -0.607. The van der Waals surface area contributed by atoms with Crippen molar-refractivity contribution < 1.29 is 13.2 Å². The van der Waals surface area contributed by atoms with Crippen LogP contribution in [0.1, 0.15) is 41.2 Å². The van der Waals surface area contributed by atoms with E-state index in [9.17, 15) is 8.78 Å². The molecule has 2 nitrogen and oxygen atoms in total. The summed E-state index contributed by atoms with van der Waals surface area (Å²) in [7, 11) is 1.73. The molecule has 0 unspecified atom stereocenters. The number of hydrogen-bond donors (Lipinski definition) is 2. The third kappa shape index (κ3) is 5.12. The first-order chi connectivity index (χ1) is 17.8. The maximum atomic E-state index is 16.6. The minimum absolute atomic E-state index is 0.0871. The lowest BCUT2D eigenvalue weighted by atomic mass is 9.89. The standard InChI is InChI=1S/C32H31F3N2/c1-6-19(2)37-20(3)23-8-7-9-24(16-23)30-25(14-15-33)17-26-18-28(22-10-12-27(34)13-11-22)29(21(4)36-5)31(26)32(30)35/h7-13,16-17,36-37H,2-4,6,14-15,18H2,1,5H3. The highest BCUT2D eigenvalue weighted by molar-refractivity contribution is 6.04. The van der Waals surface area contributed by atoms with Gasteiger partial charge in [0.05, 0.1) is 6.67 Å². The van der Waals surface area contributed by atoms with Crippen LogP contribution in [-0.2, 0) is 12.8 Å². The van der Waals surface area contributed by atoms with E-state index >= 15 is 4.39 Å². The van der Waals surface area contributed by atoms with E-state index in [2.05, 4.69) is 30.4 Å². The van der Waals surface area contributed by atoms with Crippen molar-refractivity contribution in [3.8, 4) is 11.1 Å². The Balaban J connectivity index is 1.91.